The van der Waals surface area contributed by atoms with E-state index in [9.17, 15) is 9.59 Å². The minimum absolute atomic E-state index is 0. The largest absolute Gasteiger partial charge is 2.00 e. The van der Waals surface area contributed by atoms with Gasteiger partial charge in [0.05, 0.1) is 0 Å². The van der Waals surface area contributed by atoms with Gasteiger partial charge in [-0.2, -0.15) is 0 Å². The second-order valence-corrected chi connectivity index (χ2v) is 1.15. The molecule has 0 fully saturated rings. The fourth-order valence-electron chi connectivity index (χ4n) is 0. The summed E-state index contributed by atoms with van der Waals surface area (Å²) in [5.41, 5.74) is 0. The van der Waals surface area contributed by atoms with Gasteiger partial charge in [0.1, 0.15) is 0 Å². The van der Waals surface area contributed by atoms with Gasteiger partial charge in [0.15, 0.2) is 0 Å². The molecule has 0 N–H and O–H groups in total. The minimum atomic E-state index is -0.801. The normalized spacial score (nSPS) is 6.18. The summed E-state index contributed by atoms with van der Waals surface area (Å²) >= 11 is 0. The van der Waals surface area contributed by atoms with Crippen molar-refractivity contribution in [2.45, 2.75) is 13.8 Å². The molecule has 0 aliphatic carbocycles. The van der Waals surface area contributed by atoms with Crippen LogP contribution >= 0.6 is 0 Å². The van der Waals surface area contributed by atoms with E-state index in [0.29, 0.717) is 0 Å². The van der Waals surface area contributed by atoms with Gasteiger partial charge in [-0.05, 0) is 0 Å². The van der Waals surface area contributed by atoms with Crippen molar-refractivity contribution < 1.29 is 29.9 Å². The van der Waals surface area contributed by atoms with Crippen molar-refractivity contribution in [1.82, 2.24) is 0 Å². The second-order valence-electron chi connectivity index (χ2n) is 1.15. The number of hydrogen-bond donors (Lipinski definition) is 0. The minimum Gasteiger partial charge on any atom is -0.662 e. The Labute approximate surface area is 93.0 Å². The Morgan fingerprint density at radius 3 is 1.09 bits per heavy atom. The Morgan fingerprint density at radius 1 is 1.00 bits per heavy atom. The molecule has 0 radical (unpaired) electrons. The second kappa shape index (κ2) is 12.8. The average molecular weight is 190 g/mol. The first-order valence-corrected chi connectivity index (χ1v) is 2.15. The molecule has 0 aromatic carbocycles. The van der Waals surface area contributed by atoms with Crippen LogP contribution in [0, 0.1) is 0 Å². The van der Waals surface area contributed by atoms with E-state index in [1.807, 2.05) is 0 Å². The summed E-state index contributed by atoms with van der Waals surface area (Å²) in [7, 11) is 0. The summed E-state index contributed by atoms with van der Waals surface area (Å²) < 4.78 is 0. The molecular weight excluding hydrogens is 184 g/mol. The van der Waals surface area contributed by atoms with Crippen molar-refractivity contribution >= 4 is 49.7 Å². The zero-order chi connectivity index (χ0) is 8.57. The maximum atomic E-state index is 9.28. The zero-order valence-corrected chi connectivity index (χ0v) is 8.36. The molecule has 0 aliphatic heterocycles. The first-order valence-electron chi connectivity index (χ1n) is 2.15. The standard InChI is InChI=1S/2C2H4O3.Ca/c2*1-2(3)5-4;/h2*4H,1H3;/q;;+2/p-2. The molecule has 0 aliphatic rings. The van der Waals surface area contributed by atoms with Gasteiger partial charge in [0.25, 0.3) is 11.9 Å². The summed E-state index contributed by atoms with van der Waals surface area (Å²) in [6.07, 6.45) is 0. The maximum Gasteiger partial charge on any atom is 2.00 e. The van der Waals surface area contributed by atoms with Gasteiger partial charge in [-0.3, -0.25) is 9.59 Å². The van der Waals surface area contributed by atoms with E-state index < -0.39 is 11.9 Å². The van der Waals surface area contributed by atoms with Crippen LogP contribution in [-0.4, -0.2) is 49.7 Å². The van der Waals surface area contributed by atoms with E-state index in [1.54, 1.807) is 0 Å². The van der Waals surface area contributed by atoms with Crippen molar-refractivity contribution in [1.29, 1.82) is 0 Å². The Balaban J connectivity index is -0.000000107. The van der Waals surface area contributed by atoms with Crippen molar-refractivity contribution in [3.8, 4) is 0 Å². The Kier molecular flexibility index (Phi) is 20.0. The molecule has 0 heterocycles. The Morgan fingerprint density at radius 2 is 1.09 bits per heavy atom. The third-order valence-corrected chi connectivity index (χ3v) is 0.235. The van der Waals surface area contributed by atoms with Gasteiger partial charge in [-0.1, -0.05) is 0 Å². The molecule has 60 valence electrons. The molecule has 0 atom stereocenters. The molecule has 7 heteroatoms. The first-order chi connectivity index (χ1) is 4.54. The first kappa shape index (κ1) is 17.3. The van der Waals surface area contributed by atoms with Crippen LogP contribution < -0.4 is 10.5 Å². The van der Waals surface area contributed by atoms with E-state index in [1.165, 1.54) is 0 Å². The molecule has 0 saturated carbocycles. The van der Waals surface area contributed by atoms with E-state index in [0.717, 1.165) is 13.8 Å². The smallest absolute Gasteiger partial charge is 0.662 e. The molecule has 0 aromatic rings. The Bertz CT molecular complexity index is 99.1. The molecule has 0 rings (SSSR count). The summed E-state index contributed by atoms with van der Waals surface area (Å²) in [6, 6.07) is 0. The Hall–Kier alpha value is 0.120. The molecule has 0 bridgehead atoms. The van der Waals surface area contributed by atoms with Crippen molar-refractivity contribution in [2.24, 2.45) is 0 Å². The number of rotatable bonds is 0. The van der Waals surface area contributed by atoms with Crippen LogP contribution in [0.4, 0.5) is 0 Å². The summed E-state index contributed by atoms with van der Waals surface area (Å²) in [5, 5.41) is 17.6. The molecule has 0 amide bonds. The van der Waals surface area contributed by atoms with Gasteiger partial charge >= 0.3 is 37.7 Å². The predicted molar refractivity (Wildman–Crippen MR) is 29.3 cm³/mol. The zero-order valence-electron chi connectivity index (χ0n) is 6.16. The number of carbonyl (C=O) groups excluding carboxylic acids is 2. The van der Waals surface area contributed by atoms with Crippen LogP contribution in [-0.2, 0) is 19.4 Å². The van der Waals surface area contributed by atoms with Gasteiger partial charge in [-0.25, -0.2) is 0 Å². The quantitative estimate of drug-likeness (QED) is 0.233. The SMILES string of the molecule is CC(=O)O[O-].CC(=O)O[O-].[Ca+2]. The summed E-state index contributed by atoms with van der Waals surface area (Å²) in [4.78, 5) is 24.3. The molecule has 0 saturated heterocycles. The molecule has 0 unspecified atom stereocenters. The van der Waals surface area contributed by atoms with Gasteiger partial charge in [0, 0.05) is 13.8 Å². The third kappa shape index (κ3) is 39.3. The molecular formula is C4H6CaO6. The maximum absolute atomic E-state index is 9.28. The van der Waals surface area contributed by atoms with Gasteiger partial charge < -0.3 is 20.3 Å². The third-order valence-electron chi connectivity index (χ3n) is 0.235. The van der Waals surface area contributed by atoms with Crippen LogP contribution in [0.15, 0.2) is 0 Å². The fourth-order valence-corrected chi connectivity index (χ4v) is 0. The number of hydrogen-bond acceptors (Lipinski definition) is 6. The van der Waals surface area contributed by atoms with Crippen molar-refractivity contribution in [3.63, 3.8) is 0 Å². The van der Waals surface area contributed by atoms with E-state index in [2.05, 4.69) is 9.78 Å². The molecule has 6 nitrogen and oxygen atoms in total. The van der Waals surface area contributed by atoms with Crippen LogP contribution in [0.5, 0.6) is 0 Å². The van der Waals surface area contributed by atoms with E-state index >= 15 is 0 Å². The summed E-state index contributed by atoms with van der Waals surface area (Å²) in [5.74, 6) is -1.60. The van der Waals surface area contributed by atoms with Gasteiger partial charge in [0.2, 0.25) is 0 Å². The van der Waals surface area contributed by atoms with Crippen LogP contribution in [0.3, 0.4) is 0 Å². The van der Waals surface area contributed by atoms with Crippen LogP contribution in [0.25, 0.3) is 0 Å². The van der Waals surface area contributed by atoms with Gasteiger partial charge in [-0.15, -0.1) is 0 Å². The van der Waals surface area contributed by atoms with Crippen LogP contribution in [0.1, 0.15) is 13.8 Å². The predicted octanol–water partition coefficient (Wildman–Crippen LogP) is -2.73. The number of carbonyl (C=O) groups is 2. The topological polar surface area (TPSA) is 98.7 Å². The summed E-state index contributed by atoms with van der Waals surface area (Å²) in [6.45, 7) is 2.10. The monoisotopic (exact) mass is 190 g/mol. The van der Waals surface area contributed by atoms with E-state index in [4.69, 9.17) is 10.5 Å². The van der Waals surface area contributed by atoms with E-state index in [-0.39, 0.29) is 37.7 Å². The molecule has 0 aromatic heterocycles. The van der Waals surface area contributed by atoms with Crippen molar-refractivity contribution in [2.75, 3.05) is 0 Å². The molecule has 11 heavy (non-hydrogen) atoms. The fraction of sp³-hybridized carbons (Fsp3) is 0.500. The van der Waals surface area contributed by atoms with Crippen molar-refractivity contribution in [3.05, 3.63) is 0 Å². The molecule has 0 spiro atoms. The average Bonchev–Trinajstić information content (AvgIpc) is 1.89. The van der Waals surface area contributed by atoms with Crippen LogP contribution in [0.2, 0.25) is 0 Å².